The predicted molar refractivity (Wildman–Crippen MR) is 95.3 cm³/mol. The Morgan fingerprint density at radius 2 is 1.52 bits per heavy atom. The first kappa shape index (κ1) is 15.1. The van der Waals surface area contributed by atoms with Crippen LogP contribution in [0.3, 0.4) is 0 Å². The lowest BCUT2D eigenvalue weighted by atomic mass is 10.1. The van der Waals surface area contributed by atoms with Gasteiger partial charge in [-0.1, -0.05) is 48.5 Å². The Kier molecular flexibility index (Phi) is 4.86. The highest BCUT2D eigenvalue weighted by Gasteiger charge is 2.03. The average Bonchev–Trinajstić information content (AvgIpc) is 2.59. The summed E-state index contributed by atoms with van der Waals surface area (Å²) in [5, 5.41) is 5.21. The maximum atomic E-state index is 12.0. The van der Waals surface area contributed by atoms with Gasteiger partial charge in [-0.05, 0) is 35.0 Å². The molecule has 0 radical (unpaired) electrons. The molecular weight excluding hydrogens is 286 g/mol. The number of carbonyl (C=O) groups excluding carboxylic acids is 1. The largest absolute Gasteiger partial charge is 0.326 e. The van der Waals surface area contributed by atoms with Gasteiger partial charge in [0.05, 0.1) is 0 Å². The number of hydrazine groups is 1. The summed E-state index contributed by atoms with van der Waals surface area (Å²) < 4.78 is 0. The molecule has 0 spiro atoms. The zero-order valence-electron chi connectivity index (χ0n) is 12.8. The van der Waals surface area contributed by atoms with E-state index in [0.717, 1.165) is 16.8 Å². The minimum absolute atomic E-state index is 0.0114. The molecule has 3 aromatic rings. The third kappa shape index (κ3) is 4.31. The van der Waals surface area contributed by atoms with Crippen LogP contribution in [0.15, 0.2) is 72.8 Å². The summed E-state index contributed by atoms with van der Waals surface area (Å²) >= 11 is 0. The Bertz CT molecular complexity index is 787. The number of anilines is 2. The van der Waals surface area contributed by atoms with Crippen molar-refractivity contribution in [3.8, 4) is 0 Å². The summed E-state index contributed by atoms with van der Waals surface area (Å²) in [6.07, 6.45) is 0.395. The number of amides is 1. The molecular formula is C19H19N3O. The molecule has 0 fully saturated rings. The smallest absolute Gasteiger partial charge is 0.225 e. The zero-order valence-corrected chi connectivity index (χ0v) is 12.8. The number of hydrogen-bond donors (Lipinski definition) is 3. The van der Waals surface area contributed by atoms with Crippen LogP contribution in [0, 0.1) is 0 Å². The van der Waals surface area contributed by atoms with E-state index in [0.29, 0.717) is 13.0 Å². The van der Waals surface area contributed by atoms with E-state index in [1.165, 1.54) is 5.39 Å². The number of carbonyl (C=O) groups is 1. The molecule has 0 aliphatic carbocycles. The van der Waals surface area contributed by atoms with Gasteiger partial charge in [-0.2, -0.15) is 0 Å². The number of fused-ring (bicyclic) bond motifs is 1. The minimum Gasteiger partial charge on any atom is -0.326 e. The third-order valence-electron chi connectivity index (χ3n) is 3.52. The Hall–Kier alpha value is -2.85. The van der Waals surface area contributed by atoms with E-state index in [2.05, 4.69) is 22.2 Å². The van der Waals surface area contributed by atoms with Crippen LogP contribution in [0.1, 0.15) is 6.42 Å². The molecule has 0 aromatic heterocycles. The van der Waals surface area contributed by atoms with Gasteiger partial charge in [0.1, 0.15) is 0 Å². The van der Waals surface area contributed by atoms with Crippen molar-refractivity contribution in [2.75, 3.05) is 17.3 Å². The molecule has 116 valence electrons. The third-order valence-corrected chi connectivity index (χ3v) is 3.52. The molecule has 1 amide bonds. The molecule has 0 aliphatic rings. The van der Waals surface area contributed by atoms with Crippen LogP contribution >= 0.6 is 0 Å². The first-order chi connectivity index (χ1) is 11.3. The number of rotatable bonds is 6. The lowest BCUT2D eigenvalue weighted by Gasteiger charge is -2.09. The number of hydrogen-bond acceptors (Lipinski definition) is 3. The average molecular weight is 305 g/mol. The van der Waals surface area contributed by atoms with Crippen LogP contribution in [0.2, 0.25) is 0 Å². The number of nitrogens with one attached hydrogen (secondary N) is 3. The second-order valence-electron chi connectivity index (χ2n) is 5.28. The van der Waals surface area contributed by atoms with Gasteiger partial charge >= 0.3 is 0 Å². The fourth-order valence-electron chi connectivity index (χ4n) is 2.35. The van der Waals surface area contributed by atoms with Gasteiger partial charge in [-0.25, -0.2) is 5.43 Å². The highest BCUT2D eigenvalue weighted by atomic mass is 16.1. The maximum Gasteiger partial charge on any atom is 0.225 e. The van der Waals surface area contributed by atoms with Crippen molar-refractivity contribution in [2.24, 2.45) is 0 Å². The molecule has 0 saturated carbocycles. The molecule has 0 unspecified atom stereocenters. The van der Waals surface area contributed by atoms with E-state index >= 15 is 0 Å². The molecule has 0 bridgehead atoms. The molecule has 4 heteroatoms. The van der Waals surface area contributed by atoms with Crippen LogP contribution in [0.4, 0.5) is 11.4 Å². The lowest BCUT2D eigenvalue weighted by molar-refractivity contribution is -0.116. The molecule has 0 atom stereocenters. The molecule has 3 N–H and O–H groups in total. The molecule has 23 heavy (non-hydrogen) atoms. The van der Waals surface area contributed by atoms with Gasteiger partial charge in [-0.15, -0.1) is 0 Å². The van der Waals surface area contributed by atoms with E-state index in [-0.39, 0.29) is 5.91 Å². The fourth-order valence-corrected chi connectivity index (χ4v) is 2.35. The normalized spacial score (nSPS) is 10.4. The van der Waals surface area contributed by atoms with E-state index < -0.39 is 0 Å². The highest BCUT2D eigenvalue weighted by Crippen LogP contribution is 2.18. The Balaban J connectivity index is 1.46. The van der Waals surface area contributed by atoms with Gasteiger partial charge in [0.25, 0.3) is 0 Å². The SMILES string of the molecule is O=C(CCNNc1ccccc1)Nc1ccc2ccccc2c1. The zero-order chi connectivity index (χ0) is 15.9. The van der Waals surface area contributed by atoms with Crippen molar-refractivity contribution in [2.45, 2.75) is 6.42 Å². The molecule has 0 aliphatic heterocycles. The summed E-state index contributed by atoms with van der Waals surface area (Å²) in [5.74, 6) is -0.0114. The molecule has 3 rings (SSSR count). The quantitative estimate of drug-likeness (QED) is 0.480. The topological polar surface area (TPSA) is 53.2 Å². The van der Waals surface area contributed by atoms with Gasteiger partial charge in [0.15, 0.2) is 0 Å². The summed E-state index contributed by atoms with van der Waals surface area (Å²) in [5.41, 5.74) is 7.89. The van der Waals surface area contributed by atoms with Crippen molar-refractivity contribution < 1.29 is 4.79 Å². The summed E-state index contributed by atoms with van der Waals surface area (Å²) in [6, 6.07) is 23.8. The fraction of sp³-hybridized carbons (Fsp3) is 0.105. The van der Waals surface area contributed by atoms with Crippen LogP contribution in [0.5, 0.6) is 0 Å². The maximum absolute atomic E-state index is 12.0. The van der Waals surface area contributed by atoms with Crippen molar-refractivity contribution in [3.05, 3.63) is 72.8 Å². The molecule has 4 nitrogen and oxygen atoms in total. The first-order valence-electron chi connectivity index (χ1n) is 7.64. The molecule has 0 heterocycles. The standard InChI is InChI=1S/C19H19N3O/c23-19(12-13-20-22-17-8-2-1-3-9-17)21-18-11-10-15-6-4-5-7-16(15)14-18/h1-11,14,20,22H,12-13H2,(H,21,23). The molecule has 3 aromatic carbocycles. The Morgan fingerprint density at radius 3 is 2.35 bits per heavy atom. The highest BCUT2D eigenvalue weighted by molar-refractivity contribution is 5.94. The van der Waals surface area contributed by atoms with Crippen molar-refractivity contribution >= 4 is 28.1 Å². The Morgan fingerprint density at radius 1 is 0.783 bits per heavy atom. The van der Waals surface area contributed by atoms with Gasteiger partial charge in [-0.3, -0.25) is 4.79 Å². The van der Waals surface area contributed by atoms with Crippen LogP contribution in [-0.2, 0) is 4.79 Å². The first-order valence-corrected chi connectivity index (χ1v) is 7.64. The van der Waals surface area contributed by atoms with Crippen molar-refractivity contribution in [1.29, 1.82) is 0 Å². The van der Waals surface area contributed by atoms with E-state index in [9.17, 15) is 4.79 Å². The minimum atomic E-state index is -0.0114. The monoisotopic (exact) mass is 305 g/mol. The number of benzene rings is 3. The number of para-hydroxylation sites is 1. The predicted octanol–water partition coefficient (Wildman–Crippen LogP) is 3.79. The van der Waals surface area contributed by atoms with Crippen LogP contribution in [-0.4, -0.2) is 12.5 Å². The van der Waals surface area contributed by atoms with Crippen molar-refractivity contribution in [1.82, 2.24) is 5.43 Å². The van der Waals surface area contributed by atoms with Crippen LogP contribution < -0.4 is 16.2 Å². The lowest BCUT2D eigenvalue weighted by Crippen LogP contribution is -2.26. The summed E-state index contributed by atoms with van der Waals surface area (Å²) in [4.78, 5) is 12.0. The van der Waals surface area contributed by atoms with Crippen molar-refractivity contribution in [3.63, 3.8) is 0 Å². The van der Waals surface area contributed by atoms with Gasteiger partial charge in [0, 0.05) is 24.3 Å². The second-order valence-corrected chi connectivity index (χ2v) is 5.28. The summed E-state index contributed by atoms with van der Waals surface area (Å²) in [6.45, 7) is 0.550. The van der Waals surface area contributed by atoms with Gasteiger partial charge < -0.3 is 10.7 Å². The second kappa shape index (κ2) is 7.42. The van der Waals surface area contributed by atoms with E-state index in [1.807, 2.05) is 66.7 Å². The van der Waals surface area contributed by atoms with Crippen LogP contribution in [0.25, 0.3) is 10.8 Å². The van der Waals surface area contributed by atoms with E-state index in [1.54, 1.807) is 0 Å². The van der Waals surface area contributed by atoms with E-state index in [4.69, 9.17) is 0 Å². The Labute approximate surface area is 135 Å². The van der Waals surface area contributed by atoms with Gasteiger partial charge in [0.2, 0.25) is 5.91 Å². The molecule has 0 saturated heterocycles. The summed E-state index contributed by atoms with van der Waals surface area (Å²) in [7, 11) is 0.